The lowest BCUT2D eigenvalue weighted by Gasteiger charge is -2.11. The van der Waals surface area contributed by atoms with Crippen LogP contribution in [0.3, 0.4) is 0 Å². The van der Waals surface area contributed by atoms with E-state index in [0.717, 1.165) is 12.8 Å². The van der Waals surface area contributed by atoms with Gasteiger partial charge in [0.05, 0.1) is 0 Å². The molecule has 1 heterocycles. The molecule has 1 aromatic heterocycles. The van der Waals surface area contributed by atoms with Crippen molar-refractivity contribution in [1.82, 2.24) is 15.4 Å². The molecule has 0 saturated heterocycles. The van der Waals surface area contributed by atoms with Crippen molar-refractivity contribution in [3.63, 3.8) is 0 Å². The minimum atomic E-state index is 0.0746. The Morgan fingerprint density at radius 1 is 1.57 bits per heavy atom. The van der Waals surface area contributed by atoms with Crippen molar-refractivity contribution in [2.45, 2.75) is 19.3 Å². The Bertz CT molecular complexity index is 267. The third kappa shape index (κ3) is 4.09. The molecule has 0 bridgehead atoms. The van der Waals surface area contributed by atoms with Gasteiger partial charge in [0.25, 0.3) is 0 Å². The summed E-state index contributed by atoms with van der Waals surface area (Å²) in [6, 6.07) is 2.03. The average Bonchev–Trinajstić information content (AvgIpc) is 2.55. The zero-order valence-corrected chi connectivity index (χ0v) is 8.71. The lowest BCUT2D eigenvalue weighted by Crippen LogP contribution is -2.35. The van der Waals surface area contributed by atoms with Gasteiger partial charge >= 0.3 is 0 Å². The number of carbonyl (C=O) groups is 1. The Balaban J connectivity index is 2.12. The molecule has 4 nitrogen and oxygen atoms in total. The Morgan fingerprint density at radius 3 is 2.93 bits per heavy atom. The Labute approximate surface area is 84.3 Å². The summed E-state index contributed by atoms with van der Waals surface area (Å²) in [4.78, 5) is 14.2. The van der Waals surface area contributed by atoms with Crippen molar-refractivity contribution >= 4 is 5.91 Å². The van der Waals surface area contributed by atoms with Gasteiger partial charge in [-0.3, -0.25) is 10.2 Å². The zero-order valence-electron chi connectivity index (χ0n) is 8.71. The first-order chi connectivity index (χ1) is 6.68. The third-order valence-corrected chi connectivity index (χ3v) is 1.88. The molecule has 1 amide bonds. The summed E-state index contributed by atoms with van der Waals surface area (Å²) in [6.45, 7) is 0. The Morgan fingerprint density at radius 2 is 2.36 bits per heavy atom. The molecule has 2 N–H and O–H groups in total. The summed E-state index contributed by atoms with van der Waals surface area (Å²) >= 11 is 0. The average molecular weight is 195 g/mol. The number of H-pyrrole nitrogens is 1. The molecular formula is C10H17N3O. The molecular weight excluding hydrogens is 178 g/mol. The van der Waals surface area contributed by atoms with E-state index >= 15 is 0 Å². The van der Waals surface area contributed by atoms with Crippen LogP contribution in [0.2, 0.25) is 0 Å². The minimum absolute atomic E-state index is 0.0746. The van der Waals surface area contributed by atoms with Crippen LogP contribution >= 0.6 is 0 Å². The number of rotatable bonds is 5. The van der Waals surface area contributed by atoms with Crippen molar-refractivity contribution in [3.05, 3.63) is 24.0 Å². The topological polar surface area (TPSA) is 48.1 Å². The van der Waals surface area contributed by atoms with E-state index in [0.29, 0.717) is 6.42 Å². The summed E-state index contributed by atoms with van der Waals surface area (Å²) in [7, 11) is 3.62. The molecule has 4 heteroatoms. The Kier molecular flexibility index (Phi) is 4.19. The van der Waals surface area contributed by atoms with Crippen molar-refractivity contribution < 1.29 is 4.79 Å². The first kappa shape index (κ1) is 10.8. The van der Waals surface area contributed by atoms with Crippen molar-refractivity contribution in [2.75, 3.05) is 14.1 Å². The summed E-state index contributed by atoms with van der Waals surface area (Å²) in [6.07, 6.45) is 6.27. The highest BCUT2D eigenvalue weighted by molar-refractivity contribution is 5.75. The van der Waals surface area contributed by atoms with Crippen LogP contribution in [0.5, 0.6) is 0 Å². The quantitative estimate of drug-likeness (QED) is 0.687. The molecule has 0 fully saturated rings. The maximum absolute atomic E-state index is 11.2. The van der Waals surface area contributed by atoms with Crippen LogP contribution < -0.4 is 5.43 Å². The SMILES string of the molecule is CN(C)NC(=O)CCCc1cc[nH]c1. The zero-order chi connectivity index (χ0) is 10.4. The second-order valence-electron chi connectivity index (χ2n) is 3.50. The largest absolute Gasteiger partial charge is 0.367 e. The third-order valence-electron chi connectivity index (χ3n) is 1.88. The number of hydrogen-bond donors (Lipinski definition) is 2. The van der Waals surface area contributed by atoms with Gasteiger partial charge in [-0.2, -0.15) is 0 Å². The summed E-state index contributed by atoms with van der Waals surface area (Å²) in [5.74, 6) is 0.0746. The van der Waals surface area contributed by atoms with Gasteiger partial charge < -0.3 is 4.98 Å². The van der Waals surface area contributed by atoms with Gasteiger partial charge in [0.1, 0.15) is 0 Å². The second kappa shape index (κ2) is 5.44. The van der Waals surface area contributed by atoms with E-state index < -0.39 is 0 Å². The van der Waals surface area contributed by atoms with Crippen LogP contribution in [0, 0.1) is 0 Å². The van der Waals surface area contributed by atoms with Crippen molar-refractivity contribution in [3.8, 4) is 0 Å². The summed E-state index contributed by atoms with van der Waals surface area (Å²) in [5.41, 5.74) is 3.96. The smallest absolute Gasteiger partial charge is 0.234 e. The van der Waals surface area contributed by atoms with Gasteiger partial charge in [-0.1, -0.05) is 0 Å². The lowest BCUT2D eigenvalue weighted by atomic mass is 10.1. The van der Waals surface area contributed by atoms with E-state index in [4.69, 9.17) is 0 Å². The number of carbonyl (C=O) groups excluding carboxylic acids is 1. The van der Waals surface area contributed by atoms with Gasteiger partial charge in [-0.05, 0) is 24.5 Å². The summed E-state index contributed by atoms with van der Waals surface area (Å²) in [5, 5.41) is 1.67. The van der Waals surface area contributed by atoms with Crippen molar-refractivity contribution in [1.29, 1.82) is 0 Å². The number of nitrogens with zero attached hydrogens (tertiary/aromatic N) is 1. The Hall–Kier alpha value is -1.29. The first-order valence-electron chi connectivity index (χ1n) is 4.77. The molecule has 1 rings (SSSR count). The van der Waals surface area contributed by atoms with Crippen LogP contribution in [0.15, 0.2) is 18.5 Å². The molecule has 0 unspecified atom stereocenters. The van der Waals surface area contributed by atoms with Gasteiger partial charge in [0.2, 0.25) is 5.91 Å². The van der Waals surface area contributed by atoms with E-state index in [1.165, 1.54) is 5.56 Å². The number of hydrogen-bond acceptors (Lipinski definition) is 2. The van der Waals surface area contributed by atoms with Crippen LogP contribution in [-0.4, -0.2) is 30.0 Å². The number of aromatic nitrogens is 1. The van der Waals surface area contributed by atoms with Gasteiger partial charge in [-0.15, -0.1) is 0 Å². The molecule has 78 valence electrons. The first-order valence-corrected chi connectivity index (χ1v) is 4.77. The molecule has 0 aliphatic rings. The number of aryl methyl sites for hydroxylation is 1. The number of aromatic amines is 1. The maximum Gasteiger partial charge on any atom is 0.234 e. The molecule has 0 aromatic carbocycles. The van der Waals surface area contributed by atoms with E-state index in [9.17, 15) is 4.79 Å². The molecule has 0 spiro atoms. The highest BCUT2D eigenvalue weighted by atomic mass is 16.2. The fourth-order valence-electron chi connectivity index (χ4n) is 1.27. The standard InChI is InChI=1S/C10H17N3O/c1-13(2)12-10(14)5-3-4-9-6-7-11-8-9/h6-8,11H,3-5H2,1-2H3,(H,12,14). The van der Waals surface area contributed by atoms with Gasteiger partial charge in [0, 0.05) is 32.9 Å². The van der Waals surface area contributed by atoms with Crippen LogP contribution in [-0.2, 0) is 11.2 Å². The minimum Gasteiger partial charge on any atom is -0.367 e. The summed E-state index contributed by atoms with van der Waals surface area (Å²) < 4.78 is 0. The van der Waals surface area contributed by atoms with Crippen LogP contribution in [0.25, 0.3) is 0 Å². The number of nitrogens with one attached hydrogen (secondary N) is 2. The van der Waals surface area contributed by atoms with E-state index in [2.05, 4.69) is 10.4 Å². The molecule has 0 radical (unpaired) electrons. The number of amides is 1. The fraction of sp³-hybridized carbons (Fsp3) is 0.500. The molecule has 0 aliphatic carbocycles. The number of hydrazine groups is 1. The van der Waals surface area contributed by atoms with E-state index in [1.807, 2.05) is 32.6 Å². The van der Waals surface area contributed by atoms with E-state index in [-0.39, 0.29) is 5.91 Å². The molecule has 0 atom stereocenters. The predicted octanol–water partition coefficient (Wildman–Crippen LogP) is 0.930. The van der Waals surface area contributed by atoms with Gasteiger partial charge in [0.15, 0.2) is 0 Å². The molecule has 0 aliphatic heterocycles. The highest BCUT2D eigenvalue weighted by Gasteiger charge is 2.01. The van der Waals surface area contributed by atoms with Crippen LogP contribution in [0.4, 0.5) is 0 Å². The molecule has 14 heavy (non-hydrogen) atoms. The lowest BCUT2D eigenvalue weighted by molar-refractivity contribution is -0.124. The van der Waals surface area contributed by atoms with Gasteiger partial charge in [-0.25, -0.2) is 5.01 Å². The van der Waals surface area contributed by atoms with Crippen molar-refractivity contribution in [2.24, 2.45) is 0 Å². The fourth-order valence-corrected chi connectivity index (χ4v) is 1.27. The normalized spacial score (nSPS) is 10.5. The van der Waals surface area contributed by atoms with Crippen LogP contribution in [0.1, 0.15) is 18.4 Å². The predicted molar refractivity (Wildman–Crippen MR) is 55.6 cm³/mol. The van der Waals surface area contributed by atoms with E-state index in [1.54, 1.807) is 5.01 Å². The highest BCUT2D eigenvalue weighted by Crippen LogP contribution is 2.03. The maximum atomic E-state index is 11.2. The molecule has 0 saturated carbocycles. The monoisotopic (exact) mass is 195 g/mol. The molecule has 1 aromatic rings. The second-order valence-corrected chi connectivity index (χ2v) is 3.50.